The van der Waals surface area contributed by atoms with E-state index in [4.69, 9.17) is 9.40 Å². The highest BCUT2D eigenvalue weighted by molar-refractivity contribution is 6.23. The van der Waals surface area contributed by atoms with Crippen LogP contribution in [-0.4, -0.2) is 9.97 Å². The average molecular weight is 549 g/mol. The van der Waals surface area contributed by atoms with Gasteiger partial charge in [0.05, 0.1) is 11.0 Å². The summed E-state index contributed by atoms with van der Waals surface area (Å²) in [6.07, 6.45) is 3.55. The van der Waals surface area contributed by atoms with Crippen molar-refractivity contribution in [3.8, 4) is 33.4 Å². The summed E-state index contributed by atoms with van der Waals surface area (Å²) in [7, 11) is 0. The molecule has 0 aliphatic heterocycles. The Bertz CT molecular complexity index is 2490. The van der Waals surface area contributed by atoms with Crippen LogP contribution in [0, 0.1) is 0 Å². The van der Waals surface area contributed by atoms with E-state index in [9.17, 15) is 0 Å². The number of para-hydroxylation sites is 1. The Hall–Kier alpha value is -5.80. The minimum Gasteiger partial charge on any atom is -0.456 e. The van der Waals surface area contributed by atoms with Crippen molar-refractivity contribution in [2.45, 2.75) is 0 Å². The van der Waals surface area contributed by atoms with Crippen LogP contribution in [0.25, 0.3) is 87.9 Å². The molecule has 0 saturated heterocycles. The Morgan fingerprint density at radius 1 is 0.326 bits per heavy atom. The van der Waals surface area contributed by atoms with Crippen LogP contribution in [0.4, 0.5) is 0 Å². The van der Waals surface area contributed by atoms with Gasteiger partial charge in [-0.2, -0.15) is 0 Å². The first-order chi connectivity index (χ1) is 21.3. The predicted molar refractivity (Wildman–Crippen MR) is 178 cm³/mol. The largest absolute Gasteiger partial charge is 0.456 e. The third-order valence-electron chi connectivity index (χ3n) is 8.55. The van der Waals surface area contributed by atoms with E-state index < -0.39 is 0 Å². The second-order valence-corrected chi connectivity index (χ2v) is 11.0. The molecule has 2 aromatic heterocycles. The summed E-state index contributed by atoms with van der Waals surface area (Å²) in [5.41, 5.74) is 10.8. The molecular weight excluding hydrogens is 524 g/mol. The van der Waals surface area contributed by atoms with Crippen LogP contribution in [-0.2, 0) is 0 Å². The monoisotopic (exact) mass is 548 g/mol. The molecule has 0 N–H and O–H groups in total. The molecule has 0 fully saturated rings. The maximum atomic E-state index is 6.06. The van der Waals surface area contributed by atoms with Crippen LogP contribution in [0.1, 0.15) is 0 Å². The molecule has 9 rings (SSSR count). The smallest absolute Gasteiger partial charge is 0.135 e. The highest BCUT2D eigenvalue weighted by Gasteiger charge is 2.13. The third kappa shape index (κ3) is 3.83. The van der Waals surface area contributed by atoms with Gasteiger partial charge in [-0.1, -0.05) is 97.1 Å². The molecule has 200 valence electrons. The molecule has 0 amide bonds. The first-order valence-electron chi connectivity index (χ1n) is 14.5. The van der Waals surface area contributed by atoms with Crippen LogP contribution < -0.4 is 0 Å². The van der Waals surface area contributed by atoms with Gasteiger partial charge in [0.2, 0.25) is 0 Å². The van der Waals surface area contributed by atoms with Gasteiger partial charge in [0, 0.05) is 33.9 Å². The molecule has 3 heteroatoms. The van der Waals surface area contributed by atoms with Gasteiger partial charge < -0.3 is 4.42 Å². The third-order valence-corrected chi connectivity index (χ3v) is 8.55. The van der Waals surface area contributed by atoms with E-state index in [-0.39, 0.29) is 0 Å². The Balaban J connectivity index is 1.14. The molecule has 0 radical (unpaired) electrons. The predicted octanol–water partition coefficient (Wildman–Crippen LogP) is 10.8. The van der Waals surface area contributed by atoms with Gasteiger partial charge in [-0.15, -0.1) is 0 Å². The number of hydrogen-bond acceptors (Lipinski definition) is 3. The van der Waals surface area contributed by atoms with Gasteiger partial charge >= 0.3 is 0 Å². The quantitative estimate of drug-likeness (QED) is 0.206. The van der Waals surface area contributed by atoms with Crippen LogP contribution in [0.15, 0.2) is 150 Å². The van der Waals surface area contributed by atoms with E-state index in [1.165, 1.54) is 44.2 Å². The summed E-state index contributed by atoms with van der Waals surface area (Å²) in [5.74, 6) is 0. The Labute approximate surface area is 247 Å². The van der Waals surface area contributed by atoms with Crippen molar-refractivity contribution in [2.24, 2.45) is 0 Å². The van der Waals surface area contributed by atoms with E-state index in [1.807, 2.05) is 12.1 Å². The molecule has 0 aliphatic rings. The van der Waals surface area contributed by atoms with E-state index in [0.717, 1.165) is 43.7 Å². The number of rotatable bonds is 3. The summed E-state index contributed by atoms with van der Waals surface area (Å²) < 4.78 is 6.06. The van der Waals surface area contributed by atoms with E-state index in [2.05, 4.69) is 126 Å². The highest BCUT2D eigenvalue weighted by Crippen LogP contribution is 2.37. The standard InChI is InChI=1S/C40H24N2O/c1-2-13-33-31(11-1)35-23-29(15-17-34(35)40-39(33)41-19-20-42-40)27-9-5-7-25(21-27)26-8-6-10-28(22-26)30-16-18-38-36(24-30)32-12-3-4-14-37(32)43-38/h1-24H. The zero-order valence-electron chi connectivity index (χ0n) is 23.2. The maximum absolute atomic E-state index is 6.06. The molecule has 0 unspecified atom stereocenters. The number of nitrogens with zero attached hydrogens (tertiary/aromatic N) is 2. The minimum absolute atomic E-state index is 0.914. The minimum atomic E-state index is 0.914. The van der Waals surface area contributed by atoms with Crippen LogP contribution in [0.3, 0.4) is 0 Å². The molecule has 0 aliphatic carbocycles. The van der Waals surface area contributed by atoms with Gasteiger partial charge in [0.15, 0.2) is 0 Å². The Morgan fingerprint density at radius 2 is 0.814 bits per heavy atom. The van der Waals surface area contributed by atoms with Crippen LogP contribution in [0.5, 0.6) is 0 Å². The topological polar surface area (TPSA) is 38.9 Å². The van der Waals surface area contributed by atoms with E-state index >= 15 is 0 Å². The fraction of sp³-hybridized carbons (Fsp3) is 0. The molecule has 43 heavy (non-hydrogen) atoms. The lowest BCUT2D eigenvalue weighted by Crippen LogP contribution is -1.89. The number of benzene rings is 7. The zero-order chi connectivity index (χ0) is 28.3. The first-order valence-corrected chi connectivity index (χ1v) is 14.5. The lowest BCUT2D eigenvalue weighted by atomic mass is 9.93. The van der Waals surface area contributed by atoms with Crippen molar-refractivity contribution in [2.75, 3.05) is 0 Å². The van der Waals surface area contributed by atoms with Crippen LogP contribution in [0.2, 0.25) is 0 Å². The van der Waals surface area contributed by atoms with E-state index in [1.54, 1.807) is 12.4 Å². The molecule has 2 heterocycles. The SMILES string of the molecule is c1cc(-c2cccc(-c3ccc4c(c3)c3ccccc3c3nccnc43)c2)cc(-c2ccc3oc4ccccc4c3c2)c1. The van der Waals surface area contributed by atoms with Crippen molar-refractivity contribution >= 4 is 54.5 Å². The summed E-state index contributed by atoms with van der Waals surface area (Å²) >= 11 is 0. The number of furan rings is 1. The lowest BCUT2D eigenvalue weighted by molar-refractivity contribution is 0.669. The molecule has 0 bridgehead atoms. The number of hydrogen-bond donors (Lipinski definition) is 0. The Kier molecular flexibility index (Phi) is 5.20. The summed E-state index contributed by atoms with van der Waals surface area (Å²) in [6, 6.07) is 47.5. The van der Waals surface area contributed by atoms with Crippen molar-refractivity contribution in [3.05, 3.63) is 146 Å². The average Bonchev–Trinajstić information content (AvgIpc) is 3.46. The van der Waals surface area contributed by atoms with Gasteiger partial charge in [0.25, 0.3) is 0 Å². The zero-order valence-corrected chi connectivity index (χ0v) is 23.2. The molecule has 0 atom stereocenters. The van der Waals surface area contributed by atoms with Crippen molar-refractivity contribution in [1.82, 2.24) is 9.97 Å². The molecule has 0 saturated carbocycles. The molecular formula is C40H24N2O. The number of aromatic nitrogens is 2. The number of fused-ring (bicyclic) bond motifs is 9. The van der Waals surface area contributed by atoms with Crippen LogP contribution >= 0.6 is 0 Å². The van der Waals surface area contributed by atoms with E-state index in [0.29, 0.717) is 0 Å². The summed E-state index contributed by atoms with van der Waals surface area (Å²) in [4.78, 5) is 9.38. The van der Waals surface area contributed by atoms with Gasteiger partial charge in [-0.05, 0) is 80.6 Å². The first kappa shape index (κ1) is 23.9. The second kappa shape index (κ2) is 9.37. The maximum Gasteiger partial charge on any atom is 0.135 e. The van der Waals surface area contributed by atoms with Crippen molar-refractivity contribution in [3.63, 3.8) is 0 Å². The van der Waals surface area contributed by atoms with Gasteiger partial charge in [-0.25, -0.2) is 0 Å². The van der Waals surface area contributed by atoms with Gasteiger partial charge in [0.1, 0.15) is 11.2 Å². The summed E-state index contributed by atoms with van der Waals surface area (Å²) in [5, 5.41) is 6.92. The fourth-order valence-electron chi connectivity index (χ4n) is 6.47. The normalized spacial score (nSPS) is 11.7. The Morgan fingerprint density at radius 3 is 1.49 bits per heavy atom. The lowest BCUT2D eigenvalue weighted by Gasteiger charge is -2.12. The molecule has 9 aromatic rings. The fourth-order valence-corrected chi connectivity index (χ4v) is 6.47. The van der Waals surface area contributed by atoms with Gasteiger partial charge in [-0.3, -0.25) is 9.97 Å². The molecule has 7 aromatic carbocycles. The van der Waals surface area contributed by atoms with Crippen molar-refractivity contribution < 1.29 is 4.42 Å². The van der Waals surface area contributed by atoms with Crippen molar-refractivity contribution in [1.29, 1.82) is 0 Å². The summed E-state index contributed by atoms with van der Waals surface area (Å²) in [6.45, 7) is 0. The second-order valence-electron chi connectivity index (χ2n) is 11.0. The highest BCUT2D eigenvalue weighted by atomic mass is 16.3. The molecule has 0 spiro atoms. The molecule has 3 nitrogen and oxygen atoms in total.